The van der Waals surface area contributed by atoms with E-state index in [1.807, 2.05) is 49.9 Å². The van der Waals surface area contributed by atoms with Gasteiger partial charge in [-0.2, -0.15) is 0 Å². The van der Waals surface area contributed by atoms with Crippen LogP contribution in [0.5, 0.6) is 0 Å². The van der Waals surface area contributed by atoms with Crippen molar-refractivity contribution in [2.75, 3.05) is 32.7 Å². The summed E-state index contributed by atoms with van der Waals surface area (Å²) in [6, 6.07) is 7.66. The van der Waals surface area contributed by atoms with E-state index in [0.29, 0.717) is 42.9 Å². The highest BCUT2D eigenvalue weighted by molar-refractivity contribution is 6.04. The molecule has 1 aliphatic rings. The summed E-state index contributed by atoms with van der Waals surface area (Å²) in [5.41, 5.74) is 4.56. The monoisotopic (exact) mass is 409 g/mol. The molecule has 1 saturated heterocycles. The molecule has 0 spiro atoms. The molecule has 3 rings (SSSR count). The molecular weight excluding hydrogens is 378 g/mol. The molecule has 1 N–H and O–H groups in total. The number of amides is 1. The second kappa shape index (κ2) is 9.39. The fourth-order valence-electron chi connectivity index (χ4n) is 4.32. The Kier molecular flexibility index (Phi) is 6.87. The average molecular weight is 410 g/mol. The number of benzene rings is 1. The Labute approximate surface area is 178 Å². The number of rotatable bonds is 6. The number of aryl methyl sites for hydroxylation is 2. The predicted octanol–water partition coefficient (Wildman–Crippen LogP) is 3.43. The maximum absolute atomic E-state index is 13.0. The largest absolute Gasteiger partial charge is 0.355 e. The first kappa shape index (κ1) is 22.0. The summed E-state index contributed by atoms with van der Waals surface area (Å²) in [5, 5.41) is 0. The van der Waals surface area contributed by atoms with Crippen LogP contribution in [0.25, 0.3) is 0 Å². The number of carbonyl (C=O) groups is 3. The molecule has 30 heavy (non-hydrogen) atoms. The molecule has 6 heteroatoms. The minimum Gasteiger partial charge on any atom is -0.355 e. The maximum atomic E-state index is 13.0. The third-order valence-electron chi connectivity index (χ3n) is 5.78. The molecule has 1 aromatic heterocycles. The zero-order chi connectivity index (χ0) is 21.8. The van der Waals surface area contributed by atoms with Gasteiger partial charge in [0.05, 0.1) is 12.2 Å². The lowest BCUT2D eigenvalue weighted by atomic mass is 10.0. The molecule has 0 atom stereocenters. The molecule has 1 fully saturated rings. The SMILES string of the molecule is CCc1c(C(=O)CN2CCCN(C(=O)c3cccc(C)c3)CC2)[nH]c(C)c1C(C)=O. The number of hydrogen-bond acceptors (Lipinski definition) is 4. The summed E-state index contributed by atoms with van der Waals surface area (Å²) in [5.74, 6) is 0.0341. The lowest BCUT2D eigenvalue weighted by Crippen LogP contribution is -2.37. The van der Waals surface area contributed by atoms with Gasteiger partial charge in [0.1, 0.15) is 0 Å². The van der Waals surface area contributed by atoms with E-state index in [2.05, 4.69) is 9.88 Å². The molecular formula is C24H31N3O3. The van der Waals surface area contributed by atoms with Crippen molar-refractivity contribution < 1.29 is 14.4 Å². The minimum absolute atomic E-state index is 0.000843. The normalized spacial score (nSPS) is 15.1. The number of nitrogens with zero attached hydrogens (tertiary/aromatic N) is 2. The highest BCUT2D eigenvalue weighted by Crippen LogP contribution is 2.21. The standard InChI is InChI=1S/C24H31N3O3/c1-5-20-22(18(4)28)17(3)25-23(20)21(29)15-26-10-7-11-27(13-12-26)24(30)19-9-6-8-16(2)14-19/h6,8-9,14,25H,5,7,10-13,15H2,1-4H3. The Morgan fingerprint density at radius 2 is 1.83 bits per heavy atom. The zero-order valence-electron chi connectivity index (χ0n) is 18.4. The van der Waals surface area contributed by atoms with Crippen LogP contribution < -0.4 is 0 Å². The summed E-state index contributed by atoms with van der Waals surface area (Å²) in [6.07, 6.45) is 1.47. The molecule has 0 unspecified atom stereocenters. The van der Waals surface area contributed by atoms with Crippen molar-refractivity contribution in [3.05, 3.63) is 57.9 Å². The average Bonchev–Trinajstić information content (AvgIpc) is 2.88. The summed E-state index contributed by atoms with van der Waals surface area (Å²) in [7, 11) is 0. The van der Waals surface area contributed by atoms with Crippen molar-refractivity contribution in [3.63, 3.8) is 0 Å². The lowest BCUT2D eigenvalue weighted by Gasteiger charge is -2.22. The topological polar surface area (TPSA) is 73.5 Å². The fraction of sp³-hybridized carbons (Fsp3) is 0.458. The van der Waals surface area contributed by atoms with E-state index < -0.39 is 0 Å². The van der Waals surface area contributed by atoms with Crippen LogP contribution in [0.1, 0.15) is 68.3 Å². The van der Waals surface area contributed by atoms with Crippen LogP contribution in [-0.2, 0) is 6.42 Å². The van der Waals surface area contributed by atoms with Crippen LogP contribution in [0.4, 0.5) is 0 Å². The molecule has 2 aromatic rings. The van der Waals surface area contributed by atoms with E-state index >= 15 is 0 Å². The van der Waals surface area contributed by atoms with Crippen molar-refractivity contribution in [2.24, 2.45) is 0 Å². The number of ketones is 2. The summed E-state index contributed by atoms with van der Waals surface area (Å²) < 4.78 is 0. The molecule has 1 amide bonds. The molecule has 0 bridgehead atoms. The van der Waals surface area contributed by atoms with Gasteiger partial charge in [-0.15, -0.1) is 0 Å². The first-order chi connectivity index (χ1) is 14.3. The highest BCUT2D eigenvalue weighted by Gasteiger charge is 2.25. The molecule has 1 aromatic carbocycles. The molecule has 160 valence electrons. The van der Waals surface area contributed by atoms with Gasteiger partial charge in [0.2, 0.25) is 0 Å². The van der Waals surface area contributed by atoms with E-state index in [1.54, 1.807) is 0 Å². The molecule has 0 saturated carbocycles. The Morgan fingerprint density at radius 1 is 1.07 bits per heavy atom. The quantitative estimate of drug-likeness (QED) is 0.742. The van der Waals surface area contributed by atoms with Gasteiger partial charge in [-0.3, -0.25) is 19.3 Å². The van der Waals surface area contributed by atoms with Crippen molar-refractivity contribution in [1.29, 1.82) is 0 Å². The summed E-state index contributed by atoms with van der Waals surface area (Å²) >= 11 is 0. The number of nitrogens with one attached hydrogen (secondary N) is 1. The van der Waals surface area contributed by atoms with E-state index in [4.69, 9.17) is 0 Å². The van der Waals surface area contributed by atoms with Gasteiger partial charge in [0.15, 0.2) is 11.6 Å². The van der Waals surface area contributed by atoms with Crippen molar-refractivity contribution in [2.45, 2.75) is 40.5 Å². The Hall–Kier alpha value is -2.73. The number of Topliss-reactive ketones (excluding diaryl/α,β-unsaturated/α-hetero) is 2. The molecule has 6 nitrogen and oxygen atoms in total. The van der Waals surface area contributed by atoms with Gasteiger partial charge in [-0.05, 0) is 51.3 Å². The maximum Gasteiger partial charge on any atom is 0.253 e. The van der Waals surface area contributed by atoms with Gasteiger partial charge < -0.3 is 9.88 Å². The van der Waals surface area contributed by atoms with Crippen LogP contribution in [0.15, 0.2) is 24.3 Å². The van der Waals surface area contributed by atoms with Crippen LogP contribution >= 0.6 is 0 Å². The Balaban J connectivity index is 1.67. The first-order valence-corrected chi connectivity index (χ1v) is 10.7. The number of aromatic nitrogens is 1. The van der Waals surface area contributed by atoms with E-state index in [-0.39, 0.29) is 24.0 Å². The van der Waals surface area contributed by atoms with E-state index in [9.17, 15) is 14.4 Å². The van der Waals surface area contributed by atoms with Crippen molar-refractivity contribution >= 4 is 17.5 Å². The summed E-state index contributed by atoms with van der Waals surface area (Å²) in [4.78, 5) is 45.0. The number of carbonyl (C=O) groups excluding carboxylic acids is 3. The van der Waals surface area contributed by atoms with Crippen molar-refractivity contribution in [1.82, 2.24) is 14.8 Å². The number of hydrogen-bond donors (Lipinski definition) is 1. The third-order valence-corrected chi connectivity index (χ3v) is 5.78. The lowest BCUT2D eigenvalue weighted by molar-refractivity contribution is 0.0760. The van der Waals surface area contributed by atoms with Crippen LogP contribution in [0.2, 0.25) is 0 Å². The minimum atomic E-state index is -0.0141. The molecule has 2 heterocycles. The fourth-order valence-corrected chi connectivity index (χ4v) is 4.32. The molecule has 0 aliphatic carbocycles. The second-order valence-electron chi connectivity index (χ2n) is 8.10. The van der Waals surface area contributed by atoms with E-state index in [0.717, 1.165) is 29.8 Å². The van der Waals surface area contributed by atoms with Crippen molar-refractivity contribution in [3.8, 4) is 0 Å². The van der Waals surface area contributed by atoms with Gasteiger partial charge in [-0.25, -0.2) is 0 Å². The Bertz CT molecular complexity index is 961. The van der Waals surface area contributed by atoms with E-state index in [1.165, 1.54) is 6.92 Å². The van der Waals surface area contributed by atoms with Gasteiger partial charge in [0, 0.05) is 43.0 Å². The Morgan fingerprint density at radius 3 is 2.50 bits per heavy atom. The summed E-state index contributed by atoms with van der Waals surface area (Å²) in [6.45, 7) is 10.3. The smallest absolute Gasteiger partial charge is 0.253 e. The second-order valence-corrected chi connectivity index (χ2v) is 8.10. The first-order valence-electron chi connectivity index (χ1n) is 10.7. The van der Waals surface area contributed by atoms with Gasteiger partial charge >= 0.3 is 0 Å². The molecule has 0 radical (unpaired) electrons. The number of H-pyrrole nitrogens is 1. The highest BCUT2D eigenvalue weighted by atomic mass is 16.2. The zero-order valence-corrected chi connectivity index (χ0v) is 18.4. The predicted molar refractivity (Wildman–Crippen MR) is 117 cm³/mol. The van der Waals surface area contributed by atoms with Gasteiger partial charge in [0.25, 0.3) is 5.91 Å². The molecule has 1 aliphatic heterocycles. The van der Waals surface area contributed by atoms with Crippen LogP contribution in [0, 0.1) is 13.8 Å². The number of aromatic amines is 1. The third kappa shape index (κ3) is 4.70. The van der Waals surface area contributed by atoms with Crippen LogP contribution in [-0.4, -0.2) is 65.0 Å². The van der Waals surface area contributed by atoms with Crippen LogP contribution in [0.3, 0.4) is 0 Å². The van der Waals surface area contributed by atoms with Gasteiger partial charge in [-0.1, -0.05) is 24.6 Å².